The summed E-state index contributed by atoms with van der Waals surface area (Å²) in [6.45, 7) is 5.85. The van der Waals surface area contributed by atoms with Gasteiger partial charge in [-0.3, -0.25) is 10.3 Å². The lowest BCUT2D eigenvalue weighted by molar-refractivity contribution is 0.0376. The van der Waals surface area contributed by atoms with Gasteiger partial charge in [0, 0.05) is 19.6 Å². The Morgan fingerprint density at radius 3 is 2.96 bits per heavy atom. The van der Waals surface area contributed by atoms with Gasteiger partial charge in [0.05, 0.1) is 19.4 Å². The number of ether oxygens (including phenoxy) is 3. The van der Waals surface area contributed by atoms with E-state index in [0.717, 1.165) is 62.9 Å². The monoisotopic (exact) mass is 350 g/mol. The Morgan fingerprint density at radius 1 is 1.25 bits per heavy atom. The molecule has 130 valence electrons. The highest BCUT2D eigenvalue weighted by Crippen LogP contribution is 2.31. The molecule has 0 aromatic heterocycles. The molecule has 0 aliphatic carbocycles. The Balaban J connectivity index is 1.32. The lowest BCUT2D eigenvalue weighted by Gasteiger charge is -2.26. The minimum absolute atomic E-state index is 0.270. The van der Waals surface area contributed by atoms with E-state index in [4.69, 9.17) is 26.4 Å². The molecule has 0 spiro atoms. The molecular weight excluding hydrogens is 328 g/mol. The van der Waals surface area contributed by atoms with Crippen molar-refractivity contribution in [2.24, 2.45) is 5.10 Å². The smallest absolute Gasteiger partial charge is 0.231 e. The number of fused-ring (bicyclic) bond motifs is 1. The first-order valence-electron chi connectivity index (χ1n) is 8.08. The predicted molar refractivity (Wildman–Crippen MR) is 95.8 cm³/mol. The molecule has 1 fully saturated rings. The number of hydrogen-bond acceptors (Lipinski definition) is 6. The summed E-state index contributed by atoms with van der Waals surface area (Å²) in [6.07, 6.45) is 2.73. The van der Waals surface area contributed by atoms with Crippen LogP contribution in [0, 0.1) is 0 Å². The molecule has 7 nitrogen and oxygen atoms in total. The average Bonchev–Trinajstić information content (AvgIpc) is 3.07. The Bertz CT molecular complexity index is 591. The van der Waals surface area contributed by atoms with Gasteiger partial charge in [-0.05, 0) is 48.9 Å². The van der Waals surface area contributed by atoms with E-state index in [0.29, 0.717) is 5.11 Å². The first-order valence-corrected chi connectivity index (χ1v) is 8.49. The molecule has 24 heavy (non-hydrogen) atoms. The van der Waals surface area contributed by atoms with E-state index in [1.165, 1.54) is 0 Å². The van der Waals surface area contributed by atoms with Crippen molar-refractivity contribution in [3.63, 3.8) is 0 Å². The van der Waals surface area contributed by atoms with E-state index in [-0.39, 0.29) is 6.79 Å². The molecule has 0 saturated carbocycles. The van der Waals surface area contributed by atoms with E-state index in [1.807, 2.05) is 18.2 Å². The molecule has 2 heterocycles. The first-order chi connectivity index (χ1) is 11.8. The zero-order chi connectivity index (χ0) is 16.6. The summed E-state index contributed by atoms with van der Waals surface area (Å²) >= 11 is 5.20. The van der Waals surface area contributed by atoms with Crippen LogP contribution in [-0.2, 0) is 4.74 Å². The van der Waals surface area contributed by atoms with Crippen molar-refractivity contribution < 1.29 is 14.2 Å². The summed E-state index contributed by atoms with van der Waals surface area (Å²) in [5, 5.41) is 7.81. The lowest BCUT2D eigenvalue weighted by atomic mass is 10.2. The Kier molecular flexibility index (Phi) is 6.22. The van der Waals surface area contributed by atoms with Crippen molar-refractivity contribution in [2.75, 3.05) is 46.2 Å². The summed E-state index contributed by atoms with van der Waals surface area (Å²) in [6, 6.07) is 5.66. The van der Waals surface area contributed by atoms with Crippen molar-refractivity contribution in [3.8, 4) is 11.5 Å². The van der Waals surface area contributed by atoms with Crippen LogP contribution in [0.25, 0.3) is 0 Å². The molecule has 3 rings (SSSR count). The van der Waals surface area contributed by atoms with E-state index < -0.39 is 0 Å². The SMILES string of the molecule is S=C(NCCCN1CCOCC1)N/N=C\c1ccc2c(c1)OCO2. The van der Waals surface area contributed by atoms with Crippen LogP contribution in [0.4, 0.5) is 0 Å². The van der Waals surface area contributed by atoms with Gasteiger partial charge in [0.2, 0.25) is 6.79 Å². The second kappa shape index (κ2) is 8.81. The summed E-state index contributed by atoms with van der Waals surface area (Å²) in [5.74, 6) is 1.50. The number of morpholine rings is 1. The number of nitrogens with zero attached hydrogens (tertiary/aromatic N) is 2. The third-order valence-electron chi connectivity index (χ3n) is 3.82. The fraction of sp³-hybridized carbons (Fsp3) is 0.500. The molecule has 0 atom stereocenters. The molecule has 2 aliphatic heterocycles. The van der Waals surface area contributed by atoms with Gasteiger partial charge in [0.1, 0.15) is 0 Å². The largest absolute Gasteiger partial charge is 0.454 e. The van der Waals surface area contributed by atoms with Crippen molar-refractivity contribution in [1.29, 1.82) is 0 Å². The number of benzene rings is 1. The zero-order valence-electron chi connectivity index (χ0n) is 13.5. The maximum Gasteiger partial charge on any atom is 0.231 e. The van der Waals surface area contributed by atoms with E-state index in [9.17, 15) is 0 Å². The van der Waals surface area contributed by atoms with Crippen molar-refractivity contribution in [1.82, 2.24) is 15.6 Å². The quantitative estimate of drug-likeness (QED) is 0.342. The van der Waals surface area contributed by atoms with Crippen LogP contribution >= 0.6 is 12.2 Å². The molecule has 0 unspecified atom stereocenters. The standard InChI is InChI=1S/C16H22N4O3S/c24-16(17-4-1-5-20-6-8-21-9-7-20)19-18-11-13-2-3-14-15(10-13)23-12-22-14/h2-3,10-11H,1,4-9,12H2,(H2,17,19,24)/b18-11-. The van der Waals surface area contributed by atoms with Crippen LogP contribution in [0.3, 0.4) is 0 Å². The molecule has 1 aromatic carbocycles. The minimum atomic E-state index is 0.270. The summed E-state index contributed by atoms with van der Waals surface area (Å²) in [4.78, 5) is 2.40. The zero-order valence-corrected chi connectivity index (χ0v) is 14.3. The fourth-order valence-electron chi connectivity index (χ4n) is 2.53. The molecule has 0 bridgehead atoms. The molecule has 0 radical (unpaired) electrons. The average molecular weight is 350 g/mol. The molecule has 2 N–H and O–H groups in total. The molecule has 1 saturated heterocycles. The number of thiocarbonyl (C=S) groups is 1. The number of nitrogens with one attached hydrogen (secondary N) is 2. The summed E-state index contributed by atoms with van der Waals surface area (Å²) in [5.41, 5.74) is 3.74. The van der Waals surface area contributed by atoms with Gasteiger partial charge >= 0.3 is 0 Å². The van der Waals surface area contributed by atoms with Gasteiger partial charge in [-0.2, -0.15) is 5.10 Å². The third-order valence-corrected chi connectivity index (χ3v) is 4.05. The topological polar surface area (TPSA) is 67.4 Å². The molecule has 0 amide bonds. The Morgan fingerprint density at radius 2 is 2.08 bits per heavy atom. The van der Waals surface area contributed by atoms with Crippen molar-refractivity contribution in [2.45, 2.75) is 6.42 Å². The lowest BCUT2D eigenvalue weighted by Crippen LogP contribution is -2.39. The molecular formula is C16H22N4O3S. The number of hydrogen-bond donors (Lipinski definition) is 2. The van der Waals surface area contributed by atoms with Gasteiger partial charge in [0.15, 0.2) is 16.6 Å². The van der Waals surface area contributed by atoms with Crippen LogP contribution in [0.15, 0.2) is 23.3 Å². The van der Waals surface area contributed by atoms with Crippen LogP contribution < -0.4 is 20.2 Å². The summed E-state index contributed by atoms with van der Waals surface area (Å²) < 4.78 is 15.9. The minimum Gasteiger partial charge on any atom is -0.454 e. The van der Waals surface area contributed by atoms with E-state index in [2.05, 4.69) is 20.7 Å². The number of hydrazone groups is 1. The Labute approximate surface area is 146 Å². The molecule has 1 aromatic rings. The highest BCUT2D eigenvalue weighted by atomic mass is 32.1. The van der Waals surface area contributed by atoms with Gasteiger partial charge in [0.25, 0.3) is 0 Å². The first kappa shape index (κ1) is 16.9. The van der Waals surface area contributed by atoms with Gasteiger partial charge in [-0.25, -0.2) is 0 Å². The predicted octanol–water partition coefficient (Wildman–Crippen LogP) is 0.936. The molecule has 2 aliphatic rings. The summed E-state index contributed by atoms with van der Waals surface area (Å²) in [7, 11) is 0. The van der Waals surface area contributed by atoms with E-state index in [1.54, 1.807) is 6.21 Å². The third kappa shape index (κ3) is 5.05. The normalized spacial score (nSPS) is 17.2. The van der Waals surface area contributed by atoms with Gasteiger partial charge < -0.3 is 19.5 Å². The van der Waals surface area contributed by atoms with Crippen LogP contribution in [0.1, 0.15) is 12.0 Å². The second-order valence-electron chi connectivity index (χ2n) is 5.55. The maximum atomic E-state index is 5.33. The maximum absolute atomic E-state index is 5.33. The van der Waals surface area contributed by atoms with Crippen LogP contribution in [0.5, 0.6) is 11.5 Å². The van der Waals surface area contributed by atoms with Crippen LogP contribution in [-0.4, -0.2) is 62.4 Å². The second-order valence-corrected chi connectivity index (χ2v) is 5.95. The van der Waals surface area contributed by atoms with Gasteiger partial charge in [-0.15, -0.1) is 0 Å². The Hall–Kier alpha value is -1.90. The van der Waals surface area contributed by atoms with Gasteiger partial charge in [-0.1, -0.05) is 0 Å². The van der Waals surface area contributed by atoms with Crippen LogP contribution in [0.2, 0.25) is 0 Å². The van der Waals surface area contributed by atoms with Crippen molar-refractivity contribution in [3.05, 3.63) is 23.8 Å². The highest BCUT2D eigenvalue weighted by molar-refractivity contribution is 7.80. The molecule has 8 heteroatoms. The van der Waals surface area contributed by atoms with Crippen molar-refractivity contribution >= 4 is 23.5 Å². The van der Waals surface area contributed by atoms with E-state index >= 15 is 0 Å². The number of rotatable bonds is 6. The highest BCUT2D eigenvalue weighted by Gasteiger charge is 2.12. The fourth-order valence-corrected chi connectivity index (χ4v) is 2.68.